The SMILES string of the molecule is C=CCn1c(SCCCN2C(=O)c3ccccc3C2=O)nc2ccccc2c1=O. The number of nitrogens with zero attached hydrogens (tertiary/aromatic N) is 3. The fourth-order valence-electron chi connectivity index (χ4n) is 3.38. The zero-order valence-electron chi connectivity index (χ0n) is 15.7. The predicted octanol–water partition coefficient (Wildman–Crippen LogP) is 3.36. The summed E-state index contributed by atoms with van der Waals surface area (Å²) in [6.45, 7) is 4.43. The van der Waals surface area contributed by atoms with Crippen LogP contribution in [0.5, 0.6) is 0 Å². The highest BCUT2D eigenvalue weighted by Crippen LogP contribution is 2.24. The highest BCUT2D eigenvalue weighted by Gasteiger charge is 2.34. The predicted molar refractivity (Wildman–Crippen MR) is 113 cm³/mol. The van der Waals surface area contributed by atoms with Crippen LogP contribution in [0.1, 0.15) is 27.1 Å². The summed E-state index contributed by atoms with van der Waals surface area (Å²) in [4.78, 5) is 43.5. The minimum atomic E-state index is -0.247. The van der Waals surface area contributed by atoms with Crippen molar-refractivity contribution in [2.24, 2.45) is 0 Å². The van der Waals surface area contributed by atoms with E-state index in [-0.39, 0.29) is 17.4 Å². The van der Waals surface area contributed by atoms with E-state index in [2.05, 4.69) is 11.6 Å². The Kier molecular flexibility index (Phi) is 5.31. The average Bonchev–Trinajstić information content (AvgIpc) is 2.98. The van der Waals surface area contributed by atoms with Crippen molar-refractivity contribution in [2.45, 2.75) is 18.1 Å². The van der Waals surface area contributed by atoms with Gasteiger partial charge in [-0.1, -0.05) is 42.1 Å². The summed E-state index contributed by atoms with van der Waals surface area (Å²) >= 11 is 1.44. The van der Waals surface area contributed by atoms with Crippen LogP contribution in [0.2, 0.25) is 0 Å². The fourth-order valence-corrected chi connectivity index (χ4v) is 4.31. The highest BCUT2D eigenvalue weighted by atomic mass is 32.2. The number of carbonyl (C=O) groups excluding carboxylic acids is 2. The first-order valence-corrected chi connectivity index (χ1v) is 10.3. The van der Waals surface area contributed by atoms with Crippen LogP contribution in [0.15, 0.2) is 71.1 Å². The maximum absolute atomic E-state index is 12.8. The smallest absolute Gasteiger partial charge is 0.262 e. The Morgan fingerprint density at radius 3 is 2.31 bits per heavy atom. The summed E-state index contributed by atoms with van der Waals surface area (Å²) in [7, 11) is 0. The van der Waals surface area contributed by atoms with Gasteiger partial charge >= 0.3 is 0 Å². The van der Waals surface area contributed by atoms with Crippen molar-refractivity contribution in [3.8, 4) is 0 Å². The Morgan fingerprint density at radius 2 is 1.62 bits per heavy atom. The first-order valence-electron chi connectivity index (χ1n) is 9.30. The molecule has 6 nitrogen and oxygen atoms in total. The van der Waals surface area contributed by atoms with Crippen molar-refractivity contribution in [1.29, 1.82) is 0 Å². The zero-order chi connectivity index (χ0) is 20.4. The molecule has 4 rings (SSSR count). The van der Waals surface area contributed by atoms with E-state index < -0.39 is 0 Å². The van der Waals surface area contributed by atoms with Crippen molar-refractivity contribution in [3.05, 3.63) is 82.7 Å². The molecule has 1 aromatic heterocycles. The summed E-state index contributed by atoms with van der Waals surface area (Å²) in [6, 6.07) is 14.1. The van der Waals surface area contributed by atoms with Gasteiger partial charge in [-0.25, -0.2) is 4.98 Å². The van der Waals surface area contributed by atoms with Crippen molar-refractivity contribution < 1.29 is 9.59 Å². The van der Waals surface area contributed by atoms with Gasteiger partial charge in [0, 0.05) is 18.8 Å². The molecule has 0 radical (unpaired) electrons. The number of para-hydroxylation sites is 1. The molecular weight excluding hydrogens is 386 g/mol. The lowest BCUT2D eigenvalue weighted by Gasteiger charge is -2.14. The van der Waals surface area contributed by atoms with Gasteiger partial charge in [-0.3, -0.25) is 23.9 Å². The van der Waals surface area contributed by atoms with Crippen molar-refractivity contribution >= 4 is 34.5 Å². The normalized spacial score (nSPS) is 13.2. The van der Waals surface area contributed by atoms with Gasteiger partial charge < -0.3 is 0 Å². The average molecular weight is 405 g/mol. The van der Waals surface area contributed by atoms with Crippen molar-refractivity contribution in [3.63, 3.8) is 0 Å². The van der Waals surface area contributed by atoms with Crippen molar-refractivity contribution in [2.75, 3.05) is 12.3 Å². The van der Waals surface area contributed by atoms with E-state index in [1.165, 1.54) is 16.7 Å². The number of benzene rings is 2. The van der Waals surface area contributed by atoms with Crippen LogP contribution in [0.4, 0.5) is 0 Å². The quantitative estimate of drug-likeness (QED) is 0.198. The van der Waals surface area contributed by atoms with Crippen LogP contribution >= 0.6 is 11.8 Å². The monoisotopic (exact) mass is 405 g/mol. The summed E-state index contributed by atoms with van der Waals surface area (Å²) in [5, 5.41) is 1.18. The standard InChI is InChI=1S/C22H19N3O3S/c1-2-12-25-21(28)17-10-5-6-11-18(17)23-22(25)29-14-7-13-24-19(26)15-8-3-4-9-16(15)20(24)27/h2-6,8-11H,1,7,12-14H2. The van der Waals surface area contributed by atoms with Crippen molar-refractivity contribution in [1.82, 2.24) is 14.5 Å². The van der Waals surface area contributed by atoms with Gasteiger partial charge in [0.2, 0.25) is 0 Å². The second-order valence-corrected chi connectivity index (χ2v) is 7.69. The number of fused-ring (bicyclic) bond motifs is 2. The Bertz CT molecular complexity index is 1150. The molecule has 0 fully saturated rings. The molecule has 3 aromatic rings. The molecule has 0 bridgehead atoms. The number of amides is 2. The molecular formula is C22H19N3O3S. The van der Waals surface area contributed by atoms with Crippen LogP contribution in [-0.4, -0.2) is 38.6 Å². The third-order valence-electron chi connectivity index (χ3n) is 4.77. The Balaban J connectivity index is 1.46. The van der Waals surface area contributed by atoms with E-state index in [1.807, 2.05) is 18.2 Å². The number of aromatic nitrogens is 2. The van der Waals surface area contributed by atoms with Crippen LogP contribution in [0.25, 0.3) is 10.9 Å². The van der Waals surface area contributed by atoms with Gasteiger partial charge in [0.1, 0.15) is 0 Å². The summed E-state index contributed by atoms with van der Waals surface area (Å²) in [6.07, 6.45) is 2.27. The number of hydrogen-bond donors (Lipinski definition) is 0. The summed E-state index contributed by atoms with van der Waals surface area (Å²) in [5.41, 5.74) is 1.47. The number of thioether (sulfide) groups is 1. The van der Waals surface area contributed by atoms with Gasteiger partial charge in [-0.15, -0.1) is 6.58 Å². The molecule has 0 aliphatic carbocycles. The van der Waals surface area contributed by atoms with Crippen LogP contribution in [0.3, 0.4) is 0 Å². The third-order valence-corrected chi connectivity index (χ3v) is 5.84. The van der Waals surface area contributed by atoms with E-state index >= 15 is 0 Å². The first kappa shape index (κ1) is 19.1. The molecule has 0 atom stereocenters. The molecule has 2 amide bonds. The van der Waals surface area contributed by atoms with Crippen LogP contribution in [0, 0.1) is 0 Å². The first-order chi connectivity index (χ1) is 14.1. The second kappa shape index (κ2) is 8.05. The molecule has 0 N–H and O–H groups in total. The van der Waals surface area contributed by atoms with Gasteiger partial charge in [0.25, 0.3) is 17.4 Å². The molecule has 0 saturated carbocycles. The number of carbonyl (C=O) groups is 2. The topological polar surface area (TPSA) is 72.3 Å². The van der Waals surface area contributed by atoms with E-state index in [0.717, 1.165) is 0 Å². The summed E-state index contributed by atoms with van der Waals surface area (Å²) < 4.78 is 1.60. The highest BCUT2D eigenvalue weighted by molar-refractivity contribution is 7.99. The van der Waals surface area contributed by atoms with E-state index in [9.17, 15) is 14.4 Å². The Morgan fingerprint density at radius 1 is 0.966 bits per heavy atom. The second-order valence-electron chi connectivity index (χ2n) is 6.63. The molecule has 146 valence electrons. The van der Waals surface area contributed by atoms with Gasteiger partial charge in [0.05, 0.1) is 22.0 Å². The minimum Gasteiger partial charge on any atom is -0.283 e. The zero-order valence-corrected chi connectivity index (χ0v) is 16.5. The van der Waals surface area contributed by atoms with Crippen LogP contribution < -0.4 is 5.56 Å². The molecule has 0 spiro atoms. The van der Waals surface area contributed by atoms with E-state index in [0.29, 0.717) is 52.4 Å². The molecule has 2 aromatic carbocycles. The minimum absolute atomic E-state index is 0.0988. The van der Waals surface area contributed by atoms with Crippen LogP contribution in [-0.2, 0) is 6.54 Å². The molecule has 1 aliphatic heterocycles. The molecule has 7 heteroatoms. The lowest BCUT2D eigenvalue weighted by molar-refractivity contribution is 0.0655. The van der Waals surface area contributed by atoms with Gasteiger partial charge in [-0.2, -0.15) is 0 Å². The fraction of sp³-hybridized carbons (Fsp3) is 0.182. The largest absolute Gasteiger partial charge is 0.283 e. The third kappa shape index (κ3) is 3.49. The van der Waals surface area contributed by atoms with E-state index in [4.69, 9.17) is 0 Å². The molecule has 1 aliphatic rings. The van der Waals surface area contributed by atoms with E-state index in [1.54, 1.807) is 41.0 Å². The summed E-state index contributed by atoms with van der Waals surface area (Å²) in [5.74, 6) is 0.126. The Hall–Kier alpha value is -3.19. The molecule has 2 heterocycles. The number of hydrogen-bond acceptors (Lipinski definition) is 5. The maximum atomic E-state index is 12.8. The number of allylic oxidation sites excluding steroid dienone is 1. The maximum Gasteiger partial charge on any atom is 0.262 e. The molecule has 29 heavy (non-hydrogen) atoms. The molecule has 0 unspecified atom stereocenters. The number of rotatable bonds is 7. The molecule has 0 saturated heterocycles. The van der Waals surface area contributed by atoms with Gasteiger partial charge in [-0.05, 0) is 30.7 Å². The lowest BCUT2D eigenvalue weighted by Crippen LogP contribution is -2.31. The number of imide groups is 1. The Labute approximate surface area is 171 Å². The van der Waals surface area contributed by atoms with Gasteiger partial charge in [0.15, 0.2) is 5.16 Å². The lowest BCUT2D eigenvalue weighted by atomic mass is 10.1.